The maximum absolute atomic E-state index is 10.2. The number of hydrogen-bond donors (Lipinski definition) is 0. The fourth-order valence-corrected chi connectivity index (χ4v) is 1.60. The van der Waals surface area contributed by atoms with Crippen LogP contribution >= 0.6 is 0 Å². The van der Waals surface area contributed by atoms with Gasteiger partial charge >= 0.3 is 0 Å². The zero-order valence-electron chi connectivity index (χ0n) is 8.01. The Morgan fingerprint density at radius 1 is 1.36 bits per heavy atom. The largest absolute Gasteiger partial charge is 0.357 e. The number of rotatable bonds is 3. The first-order chi connectivity index (χ1) is 6.76. The second-order valence-electron chi connectivity index (χ2n) is 3.59. The summed E-state index contributed by atoms with van der Waals surface area (Å²) < 4.78 is 5.55. The average Bonchev–Trinajstić information content (AvgIpc) is 2.90. The number of epoxide rings is 1. The van der Waals surface area contributed by atoms with Gasteiger partial charge in [0.15, 0.2) is 0 Å². The Kier molecular flexibility index (Phi) is 2.22. The Morgan fingerprint density at radius 3 is 2.71 bits per heavy atom. The fourth-order valence-electron chi connectivity index (χ4n) is 1.60. The summed E-state index contributed by atoms with van der Waals surface area (Å²) in [5, 5.41) is 0. The lowest BCUT2D eigenvalue weighted by molar-refractivity contribution is -0.104. The Morgan fingerprint density at radius 2 is 2.07 bits per heavy atom. The summed E-state index contributed by atoms with van der Waals surface area (Å²) in [6.45, 7) is 1.98. The Balaban J connectivity index is 2.12. The molecule has 0 aliphatic carbocycles. The zero-order chi connectivity index (χ0) is 10.0. The number of hydrogen-bond acceptors (Lipinski definition) is 2. The van der Waals surface area contributed by atoms with Gasteiger partial charge in [-0.25, -0.2) is 0 Å². The van der Waals surface area contributed by atoms with Gasteiger partial charge in [-0.1, -0.05) is 30.3 Å². The number of aldehydes is 1. The van der Waals surface area contributed by atoms with Crippen LogP contribution in [0.25, 0.3) is 0 Å². The quantitative estimate of drug-likeness (QED) is 0.413. The molecule has 1 aromatic rings. The van der Waals surface area contributed by atoms with Crippen LogP contribution in [-0.4, -0.2) is 11.9 Å². The second-order valence-corrected chi connectivity index (χ2v) is 3.59. The molecule has 2 atom stereocenters. The van der Waals surface area contributed by atoms with E-state index in [2.05, 4.69) is 0 Å². The minimum Gasteiger partial charge on any atom is -0.357 e. The monoisotopic (exact) mass is 188 g/mol. The van der Waals surface area contributed by atoms with Crippen molar-refractivity contribution in [3.8, 4) is 0 Å². The SMILES string of the molecule is CC1(/C=C/C=O)OC1c1ccccc1. The van der Waals surface area contributed by atoms with Gasteiger partial charge in [0.05, 0.1) is 0 Å². The molecular formula is C12H12O2. The van der Waals surface area contributed by atoms with E-state index in [1.165, 1.54) is 6.08 Å². The van der Waals surface area contributed by atoms with Crippen molar-refractivity contribution >= 4 is 6.29 Å². The third kappa shape index (κ3) is 1.61. The Bertz CT molecular complexity index is 356. The summed E-state index contributed by atoms with van der Waals surface area (Å²) in [6, 6.07) is 10.0. The van der Waals surface area contributed by atoms with Crippen LogP contribution in [0.4, 0.5) is 0 Å². The molecule has 0 saturated carbocycles. The van der Waals surface area contributed by atoms with E-state index in [9.17, 15) is 4.79 Å². The van der Waals surface area contributed by atoms with Gasteiger partial charge in [-0.2, -0.15) is 0 Å². The highest BCUT2D eigenvalue weighted by Crippen LogP contribution is 2.50. The average molecular weight is 188 g/mol. The molecule has 1 aromatic carbocycles. The molecule has 0 N–H and O–H groups in total. The highest BCUT2D eigenvalue weighted by atomic mass is 16.6. The number of carbonyl (C=O) groups excluding carboxylic acids is 1. The predicted molar refractivity (Wildman–Crippen MR) is 53.9 cm³/mol. The minimum atomic E-state index is -0.289. The second kappa shape index (κ2) is 3.39. The Hall–Kier alpha value is -1.41. The van der Waals surface area contributed by atoms with Gasteiger partial charge in [-0.15, -0.1) is 0 Å². The molecule has 0 radical (unpaired) electrons. The lowest BCUT2D eigenvalue weighted by Gasteiger charge is -1.97. The van der Waals surface area contributed by atoms with Crippen LogP contribution in [-0.2, 0) is 9.53 Å². The van der Waals surface area contributed by atoms with Crippen molar-refractivity contribution < 1.29 is 9.53 Å². The molecular weight excluding hydrogens is 176 g/mol. The maximum atomic E-state index is 10.2. The molecule has 0 bridgehead atoms. The van der Waals surface area contributed by atoms with Crippen molar-refractivity contribution in [1.29, 1.82) is 0 Å². The van der Waals surface area contributed by atoms with Crippen LogP contribution in [0.3, 0.4) is 0 Å². The zero-order valence-corrected chi connectivity index (χ0v) is 8.01. The van der Waals surface area contributed by atoms with Gasteiger partial charge in [-0.3, -0.25) is 4.79 Å². The van der Waals surface area contributed by atoms with Crippen molar-refractivity contribution in [2.75, 3.05) is 0 Å². The molecule has 1 fully saturated rings. The van der Waals surface area contributed by atoms with Crippen LogP contribution in [0.15, 0.2) is 42.5 Å². The molecule has 1 heterocycles. The van der Waals surface area contributed by atoms with Crippen LogP contribution in [0, 0.1) is 0 Å². The van der Waals surface area contributed by atoms with Crippen molar-refractivity contribution in [3.63, 3.8) is 0 Å². The van der Waals surface area contributed by atoms with Gasteiger partial charge in [-0.05, 0) is 24.6 Å². The standard InChI is InChI=1S/C12H12O2/c1-12(8-5-9-13)11(14-12)10-6-3-2-4-7-10/h2-9,11H,1H3/b8-5+. The molecule has 0 amide bonds. The molecule has 1 aliphatic rings. The van der Waals surface area contributed by atoms with Crippen molar-refractivity contribution in [2.24, 2.45) is 0 Å². The summed E-state index contributed by atoms with van der Waals surface area (Å²) >= 11 is 0. The van der Waals surface area contributed by atoms with Crippen molar-refractivity contribution in [3.05, 3.63) is 48.0 Å². The predicted octanol–water partition coefficient (Wildman–Crippen LogP) is 2.27. The lowest BCUT2D eigenvalue weighted by atomic mass is 10.0. The van der Waals surface area contributed by atoms with Crippen molar-refractivity contribution in [2.45, 2.75) is 18.6 Å². The van der Waals surface area contributed by atoms with Gasteiger partial charge in [0, 0.05) is 0 Å². The van der Waals surface area contributed by atoms with Crippen LogP contribution in [0.2, 0.25) is 0 Å². The molecule has 0 spiro atoms. The summed E-state index contributed by atoms with van der Waals surface area (Å²) in [7, 11) is 0. The van der Waals surface area contributed by atoms with Crippen LogP contribution in [0.1, 0.15) is 18.6 Å². The summed E-state index contributed by atoms with van der Waals surface area (Å²) in [6.07, 6.45) is 4.16. The first-order valence-electron chi connectivity index (χ1n) is 4.62. The molecule has 2 unspecified atom stereocenters. The topological polar surface area (TPSA) is 29.6 Å². The fraction of sp³-hybridized carbons (Fsp3) is 0.250. The van der Waals surface area contributed by atoms with E-state index in [1.807, 2.05) is 37.3 Å². The third-order valence-electron chi connectivity index (χ3n) is 2.44. The molecule has 14 heavy (non-hydrogen) atoms. The number of ether oxygens (including phenoxy) is 1. The summed E-state index contributed by atoms with van der Waals surface area (Å²) in [5.74, 6) is 0. The number of benzene rings is 1. The smallest absolute Gasteiger partial charge is 0.142 e. The van der Waals surface area contributed by atoms with Crippen molar-refractivity contribution in [1.82, 2.24) is 0 Å². The van der Waals surface area contributed by atoms with Gasteiger partial charge in [0.1, 0.15) is 18.0 Å². The van der Waals surface area contributed by atoms with Crippen LogP contribution < -0.4 is 0 Å². The van der Waals surface area contributed by atoms with Gasteiger partial charge < -0.3 is 4.74 Å². The molecule has 2 heteroatoms. The van der Waals surface area contributed by atoms with E-state index < -0.39 is 0 Å². The first-order valence-corrected chi connectivity index (χ1v) is 4.62. The lowest BCUT2D eigenvalue weighted by Crippen LogP contribution is -2.00. The van der Waals surface area contributed by atoms with E-state index >= 15 is 0 Å². The molecule has 2 rings (SSSR count). The molecule has 1 aliphatic heterocycles. The normalized spacial score (nSPS) is 30.5. The van der Waals surface area contributed by atoms with E-state index in [4.69, 9.17) is 4.74 Å². The van der Waals surface area contributed by atoms with E-state index in [0.29, 0.717) is 0 Å². The Labute approximate surface area is 83.2 Å². The molecule has 1 saturated heterocycles. The minimum absolute atomic E-state index is 0.0971. The summed E-state index contributed by atoms with van der Waals surface area (Å²) in [4.78, 5) is 10.2. The van der Waals surface area contributed by atoms with E-state index in [1.54, 1.807) is 6.08 Å². The van der Waals surface area contributed by atoms with E-state index in [-0.39, 0.29) is 11.7 Å². The number of carbonyl (C=O) groups is 1. The summed E-state index contributed by atoms with van der Waals surface area (Å²) in [5.41, 5.74) is 0.868. The van der Waals surface area contributed by atoms with Gasteiger partial charge in [0.2, 0.25) is 0 Å². The van der Waals surface area contributed by atoms with E-state index in [0.717, 1.165) is 11.8 Å². The number of allylic oxidation sites excluding steroid dienone is 1. The first kappa shape index (κ1) is 9.16. The molecule has 2 nitrogen and oxygen atoms in total. The van der Waals surface area contributed by atoms with Gasteiger partial charge in [0.25, 0.3) is 0 Å². The molecule has 72 valence electrons. The van der Waals surface area contributed by atoms with Crippen LogP contribution in [0.5, 0.6) is 0 Å². The molecule has 0 aromatic heterocycles. The third-order valence-corrected chi connectivity index (χ3v) is 2.44. The highest BCUT2D eigenvalue weighted by molar-refractivity contribution is 5.65. The maximum Gasteiger partial charge on any atom is 0.142 e. The highest BCUT2D eigenvalue weighted by Gasteiger charge is 2.50.